The van der Waals surface area contributed by atoms with E-state index in [9.17, 15) is 0 Å². The maximum Gasteiger partial charge on any atom is 0.138 e. The molecule has 0 saturated carbocycles. The number of rotatable bonds is 5. The number of nitrogens with zero attached hydrogens (tertiary/aromatic N) is 2. The van der Waals surface area contributed by atoms with Crippen molar-refractivity contribution in [1.29, 1.82) is 0 Å². The van der Waals surface area contributed by atoms with Crippen LogP contribution in [0.15, 0.2) is 6.20 Å². The molecule has 0 aliphatic carbocycles. The molecule has 1 heterocycles. The molecule has 0 aliphatic rings. The zero-order valence-corrected chi connectivity index (χ0v) is 11.0. The lowest BCUT2D eigenvalue weighted by Gasteiger charge is -2.07. The lowest BCUT2D eigenvalue weighted by atomic mass is 10.2. The number of hydrogen-bond donors (Lipinski definition) is 0. The molecule has 1 atom stereocenters. The summed E-state index contributed by atoms with van der Waals surface area (Å²) in [4.78, 5) is 8.77. The molecule has 0 bridgehead atoms. The average Bonchev–Trinajstić information content (AvgIpc) is 2.17. The van der Waals surface area contributed by atoms with E-state index in [4.69, 9.17) is 11.6 Å². The number of aryl methyl sites for hydroxylation is 1. The Kier molecular flexibility index (Phi) is 5.40. The lowest BCUT2D eigenvalue weighted by Crippen LogP contribution is -2.00. The van der Waals surface area contributed by atoms with Gasteiger partial charge in [0.2, 0.25) is 0 Å². The molecule has 1 aromatic rings. The van der Waals surface area contributed by atoms with Gasteiger partial charge in [0.25, 0.3) is 0 Å². The molecule has 0 saturated heterocycles. The Morgan fingerprint density at radius 3 is 2.80 bits per heavy atom. The van der Waals surface area contributed by atoms with Gasteiger partial charge >= 0.3 is 0 Å². The van der Waals surface area contributed by atoms with Gasteiger partial charge in [-0.25, -0.2) is 9.97 Å². The van der Waals surface area contributed by atoms with Gasteiger partial charge in [0.15, 0.2) is 0 Å². The highest BCUT2D eigenvalue weighted by Gasteiger charge is 2.07. The summed E-state index contributed by atoms with van der Waals surface area (Å²) in [5.74, 6) is 2.97. The summed E-state index contributed by atoms with van der Waals surface area (Å²) in [5, 5.41) is -0.0117. The third kappa shape index (κ3) is 3.99. The number of halogens is 1. The van der Waals surface area contributed by atoms with Gasteiger partial charge < -0.3 is 0 Å². The number of thioether (sulfide) groups is 1. The van der Waals surface area contributed by atoms with E-state index in [1.807, 2.05) is 31.8 Å². The maximum atomic E-state index is 6.00. The van der Waals surface area contributed by atoms with Gasteiger partial charge in [-0.1, -0.05) is 6.92 Å². The molecule has 15 heavy (non-hydrogen) atoms. The van der Waals surface area contributed by atoms with Crippen LogP contribution >= 0.6 is 23.4 Å². The first-order chi connectivity index (χ1) is 7.15. The fourth-order valence-corrected chi connectivity index (χ4v) is 2.26. The van der Waals surface area contributed by atoms with Gasteiger partial charge in [-0.05, 0) is 26.0 Å². The Morgan fingerprint density at radius 2 is 2.27 bits per heavy atom. The predicted octanol–water partition coefficient (Wildman–Crippen LogP) is 3.73. The minimum absolute atomic E-state index is 0.0117. The van der Waals surface area contributed by atoms with Gasteiger partial charge in [0.05, 0.1) is 11.1 Å². The Morgan fingerprint density at radius 1 is 1.53 bits per heavy atom. The first kappa shape index (κ1) is 12.8. The van der Waals surface area contributed by atoms with Gasteiger partial charge in [0, 0.05) is 17.5 Å². The minimum atomic E-state index is -0.0117. The van der Waals surface area contributed by atoms with E-state index in [0.29, 0.717) is 0 Å². The standard InChI is InChI=1S/C11H17ClN2S/c1-4-5-15-7-11-13-6-10(8(2)12)9(3)14-11/h6,8H,4-5,7H2,1-3H3. The Bertz CT molecular complexity index is 315. The molecule has 0 radical (unpaired) electrons. The molecular weight excluding hydrogens is 228 g/mol. The highest BCUT2D eigenvalue weighted by molar-refractivity contribution is 7.98. The van der Waals surface area contributed by atoms with Crippen molar-refractivity contribution in [2.24, 2.45) is 0 Å². The number of hydrogen-bond acceptors (Lipinski definition) is 3. The second-order valence-electron chi connectivity index (χ2n) is 3.50. The highest BCUT2D eigenvalue weighted by atomic mass is 35.5. The Labute approximate surface area is 101 Å². The zero-order valence-electron chi connectivity index (χ0n) is 9.46. The minimum Gasteiger partial charge on any atom is -0.240 e. The van der Waals surface area contributed by atoms with Crippen LogP contribution in [0, 0.1) is 6.92 Å². The van der Waals surface area contributed by atoms with Crippen molar-refractivity contribution < 1.29 is 0 Å². The molecule has 1 rings (SSSR count). The number of aromatic nitrogens is 2. The average molecular weight is 245 g/mol. The molecule has 4 heteroatoms. The van der Waals surface area contributed by atoms with E-state index in [1.54, 1.807) is 0 Å². The van der Waals surface area contributed by atoms with E-state index >= 15 is 0 Å². The van der Waals surface area contributed by atoms with Crippen LogP contribution in [-0.2, 0) is 5.75 Å². The van der Waals surface area contributed by atoms with Crippen LogP contribution < -0.4 is 0 Å². The van der Waals surface area contributed by atoms with Crippen molar-refractivity contribution in [2.45, 2.75) is 38.3 Å². The zero-order chi connectivity index (χ0) is 11.3. The third-order valence-electron chi connectivity index (χ3n) is 2.08. The summed E-state index contributed by atoms with van der Waals surface area (Å²) < 4.78 is 0. The van der Waals surface area contributed by atoms with Crippen molar-refractivity contribution in [2.75, 3.05) is 5.75 Å². The van der Waals surface area contributed by atoms with E-state index in [0.717, 1.165) is 28.6 Å². The predicted molar refractivity (Wildman–Crippen MR) is 67.5 cm³/mol. The second kappa shape index (κ2) is 6.33. The highest BCUT2D eigenvalue weighted by Crippen LogP contribution is 2.21. The second-order valence-corrected chi connectivity index (χ2v) is 5.26. The van der Waals surface area contributed by atoms with Crippen molar-refractivity contribution >= 4 is 23.4 Å². The lowest BCUT2D eigenvalue weighted by molar-refractivity contribution is 0.923. The van der Waals surface area contributed by atoms with Crippen molar-refractivity contribution in [3.8, 4) is 0 Å². The van der Waals surface area contributed by atoms with Gasteiger partial charge in [0.1, 0.15) is 5.82 Å². The monoisotopic (exact) mass is 244 g/mol. The fraction of sp³-hybridized carbons (Fsp3) is 0.636. The van der Waals surface area contributed by atoms with Crippen molar-refractivity contribution in [3.63, 3.8) is 0 Å². The Hall–Kier alpha value is -0.280. The molecule has 0 aromatic carbocycles. The molecule has 0 fully saturated rings. The van der Waals surface area contributed by atoms with Crippen LogP contribution in [0.2, 0.25) is 0 Å². The number of alkyl halides is 1. The topological polar surface area (TPSA) is 25.8 Å². The molecule has 1 unspecified atom stereocenters. The molecule has 1 aromatic heterocycles. The van der Waals surface area contributed by atoms with Crippen LogP contribution in [0.3, 0.4) is 0 Å². The van der Waals surface area contributed by atoms with Crippen LogP contribution in [-0.4, -0.2) is 15.7 Å². The van der Waals surface area contributed by atoms with E-state index < -0.39 is 0 Å². The fourth-order valence-electron chi connectivity index (χ4n) is 1.29. The van der Waals surface area contributed by atoms with E-state index in [-0.39, 0.29) is 5.38 Å². The first-order valence-corrected chi connectivity index (χ1v) is 6.78. The normalized spacial score (nSPS) is 12.8. The molecule has 0 amide bonds. The molecule has 2 nitrogen and oxygen atoms in total. The summed E-state index contributed by atoms with van der Waals surface area (Å²) >= 11 is 7.87. The first-order valence-electron chi connectivity index (χ1n) is 5.19. The summed E-state index contributed by atoms with van der Waals surface area (Å²) in [7, 11) is 0. The molecule has 0 aliphatic heterocycles. The summed E-state index contributed by atoms with van der Waals surface area (Å²) in [6.45, 7) is 6.11. The van der Waals surface area contributed by atoms with E-state index in [1.165, 1.54) is 6.42 Å². The van der Waals surface area contributed by atoms with Crippen LogP contribution in [0.1, 0.15) is 42.7 Å². The Balaban J connectivity index is 2.65. The largest absolute Gasteiger partial charge is 0.240 e. The van der Waals surface area contributed by atoms with Crippen molar-refractivity contribution in [1.82, 2.24) is 9.97 Å². The maximum absolute atomic E-state index is 6.00. The molecule has 84 valence electrons. The van der Waals surface area contributed by atoms with Gasteiger partial charge in [-0.2, -0.15) is 11.8 Å². The summed E-state index contributed by atoms with van der Waals surface area (Å²) in [5.41, 5.74) is 2.03. The molecule has 0 N–H and O–H groups in total. The van der Waals surface area contributed by atoms with Gasteiger partial charge in [-0.15, -0.1) is 11.6 Å². The third-order valence-corrected chi connectivity index (χ3v) is 3.47. The summed E-state index contributed by atoms with van der Waals surface area (Å²) in [6.07, 6.45) is 3.04. The van der Waals surface area contributed by atoms with Gasteiger partial charge in [-0.3, -0.25) is 0 Å². The van der Waals surface area contributed by atoms with Crippen LogP contribution in [0.25, 0.3) is 0 Å². The van der Waals surface area contributed by atoms with Crippen molar-refractivity contribution in [3.05, 3.63) is 23.3 Å². The quantitative estimate of drug-likeness (QED) is 0.583. The van der Waals surface area contributed by atoms with Crippen LogP contribution in [0.5, 0.6) is 0 Å². The summed E-state index contributed by atoms with van der Waals surface area (Å²) in [6, 6.07) is 0. The smallest absolute Gasteiger partial charge is 0.138 e. The SMILES string of the molecule is CCCSCc1ncc(C(C)Cl)c(C)n1. The van der Waals surface area contributed by atoms with E-state index in [2.05, 4.69) is 16.9 Å². The molecular formula is C11H17ClN2S. The molecule has 0 spiro atoms. The van der Waals surface area contributed by atoms with Crippen LogP contribution in [0.4, 0.5) is 0 Å².